The summed E-state index contributed by atoms with van der Waals surface area (Å²) >= 11 is 0. The van der Waals surface area contributed by atoms with Gasteiger partial charge in [0.1, 0.15) is 0 Å². The zero-order valence-corrected chi connectivity index (χ0v) is 10.2. The topological polar surface area (TPSA) is 41.5 Å². The van der Waals surface area contributed by atoms with Gasteiger partial charge in [-0.25, -0.2) is 0 Å². The van der Waals surface area contributed by atoms with E-state index < -0.39 is 0 Å². The molecule has 0 spiro atoms. The van der Waals surface area contributed by atoms with Crippen molar-refractivity contribution in [3.63, 3.8) is 0 Å². The van der Waals surface area contributed by atoms with E-state index in [-0.39, 0.29) is 6.10 Å². The molecule has 3 nitrogen and oxygen atoms in total. The van der Waals surface area contributed by atoms with Crippen LogP contribution in [0.3, 0.4) is 0 Å². The smallest absolute Gasteiger partial charge is 0.0588 e. The van der Waals surface area contributed by atoms with Crippen LogP contribution < -0.4 is 5.32 Å². The molecular weight excluding hydrogens is 202 g/mol. The predicted molar refractivity (Wildman–Crippen MR) is 64.4 cm³/mol. The van der Waals surface area contributed by atoms with Crippen LogP contribution in [0.15, 0.2) is 0 Å². The molecule has 3 unspecified atom stereocenters. The van der Waals surface area contributed by atoms with Crippen LogP contribution in [0.1, 0.15) is 44.9 Å². The first-order chi connectivity index (χ1) is 7.86. The number of nitrogens with one attached hydrogen (secondary N) is 1. The summed E-state index contributed by atoms with van der Waals surface area (Å²) in [5.74, 6) is 0.484. The third kappa shape index (κ3) is 3.72. The Kier molecular flexibility index (Phi) is 5.07. The SMILES string of the molecule is OC1CCCCC1CNCCC1CCCO1. The van der Waals surface area contributed by atoms with Gasteiger partial charge in [0.25, 0.3) is 0 Å². The monoisotopic (exact) mass is 227 g/mol. The van der Waals surface area contributed by atoms with Gasteiger partial charge in [0.2, 0.25) is 0 Å². The minimum atomic E-state index is -0.0658. The van der Waals surface area contributed by atoms with Gasteiger partial charge in [0, 0.05) is 13.2 Å². The molecule has 0 amide bonds. The minimum absolute atomic E-state index is 0.0658. The van der Waals surface area contributed by atoms with Crippen LogP contribution in [0.2, 0.25) is 0 Å². The number of hydrogen-bond donors (Lipinski definition) is 2. The summed E-state index contributed by atoms with van der Waals surface area (Å²) in [5.41, 5.74) is 0. The zero-order chi connectivity index (χ0) is 11.2. The summed E-state index contributed by atoms with van der Waals surface area (Å²) < 4.78 is 5.58. The highest BCUT2D eigenvalue weighted by molar-refractivity contribution is 4.76. The number of aliphatic hydroxyl groups excluding tert-OH is 1. The number of ether oxygens (including phenoxy) is 1. The fourth-order valence-corrected chi connectivity index (χ4v) is 2.85. The molecule has 0 aromatic rings. The second-order valence-corrected chi connectivity index (χ2v) is 5.24. The van der Waals surface area contributed by atoms with Crippen molar-refractivity contribution in [2.75, 3.05) is 19.7 Å². The van der Waals surface area contributed by atoms with Gasteiger partial charge in [-0.1, -0.05) is 12.8 Å². The van der Waals surface area contributed by atoms with Crippen molar-refractivity contribution in [3.05, 3.63) is 0 Å². The van der Waals surface area contributed by atoms with E-state index in [0.717, 1.165) is 32.5 Å². The fourth-order valence-electron chi connectivity index (χ4n) is 2.85. The average Bonchev–Trinajstić information content (AvgIpc) is 2.79. The predicted octanol–water partition coefficient (Wildman–Crippen LogP) is 1.70. The molecule has 0 aromatic heterocycles. The van der Waals surface area contributed by atoms with E-state index in [1.54, 1.807) is 0 Å². The molecule has 0 radical (unpaired) electrons. The van der Waals surface area contributed by atoms with Crippen molar-refractivity contribution in [3.8, 4) is 0 Å². The normalized spacial score (nSPS) is 35.4. The van der Waals surface area contributed by atoms with Gasteiger partial charge in [-0.3, -0.25) is 0 Å². The Bertz CT molecular complexity index is 192. The highest BCUT2D eigenvalue weighted by atomic mass is 16.5. The van der Waals surface area contributed by atoms with Gasteiger partial charge >= 0.3 is 0 Å². The first kappa shape index (κ1) is 12.3. The largest absolute Gasteiger partial charge is 0.393 e. The quantitative estimate of drug-likeness (QED) is 0.702. The van der Waals surface area contributed by atoms with Gasteiger partial charge in [0.05, 0.1) is 12.2 Å². The molecule has 16 heavy (non-hydrogen) atoms. The van der Waals surface area contributed by atoms with Crippen molar-refractivity contribution in [1.29, 1.82) is 0 Å². The van der Waals surface area contributed by atoms with Crippen LogP contribution >= 0.6 is 0 Å². The first-order valence-electron chi connectivity index (χ1n) is 6.86. The van der Waals surface area contributed by atoms with Gasteiger partial charge in [-0.15, -0.1) is 0 Å². The second kappa shape index (κ2) is 6.58. The molecule has 1 heterocycles. The van der Waals surface area contributed by atoms with Gasteiger partial charge in [-0.2, -0.15) is 0 Å². The van der Waals surface area contributed by atoms with E-state index in [4.69, 9.17) is 4.74 Å². The van der Waals surface area contributed by atoms with Crippen molar-refractivity contribution in [2.24, 2.45) is 5.92 Å². The lowest BCUT2D eigenvalue weighted by Gasteiger charge is -2.27. The summed E-state index contributed by atoms with van der Waals surface area (Å²) in [5, 5.41) is 13.3. The molecule has 2 N–H and O–H groups in total. The average molecular weight is 227 g/mol. The Morgan fingerprint density at radius 2 is 2.00 bits per heavy atom. The number of aliphatic hydroxyl groups is 1. The zero-order valence-electron chi connectivity index (χ0n) is 10.2. The molecule has 2 fully saturated rings. The third-order valence-corrected chi connectivity index (χ3v) is 3.94. The van der Waals surface area contributed by atoms with Crippen LogP contribution in [0.25, 0.3) is 0 Å². The summed E-state index contributed by atoms with van der Waals surface area (Å²) in [6.45, 7) is 2.97. The molecule has 0 aromatic carbocycles. The Morgan fingerprint density at radius 1 is 1.12 bits per heavy atom. The molecule has 1 aliphatic carbocycles. The van der Waals surface area contributed by atoms with Gasteiger partial charge < -0.3 is 15.2 Å². The molecule has 3 heteroatoms. The molecule has 1 saturated heterocycles. The Hall–Kier alpha value is -0.120. The first-order valence-corrected chi connectivity index (χ1v) is 6.86. The summed E-state index contributed by atoms with van der Waals surface area (Å²) in [6.07, 6.45) is 8.69. The Balaban J connectivity index is 1.53. The molecule has 3 atom stereocenters. The summed E-state index contributed by atoms with van der Waals surface area (Å²) in [6, 6.07) is 0. The standard InChI is InChI=1S/C13H25NO2/c15-13-6-2-1-4-11(13)10-14-8-7-12-5-3-9-16-12/h11-15H,1-10H2. The van der Waals surface area contributed by atoms with Crippen molar-refractivity contribution < 1.29 is 9.84 Å². The van der Waals surface area contributed by atoms with Crippen LogP contribution in [0.5, 0.6) is 0 Å². The van der Waals surface area contributed by atoms with Crippen LogP contribution in [0.4, 0.5) is 0 Å². The molecule has 94 valence electrons. The van der Waals surface area contributed by atoms with E-state index in [0.29, 0.717) is 12.0 Å². The number of hydrogen-bond acceptors (Lipinski definition) is 3. The third-order valence-electron chi connectivity index (χ3n) is 3.94. The van der Waals surface area contributed by atoms with E-state index in [9.17, 15) is 5.11 Å². The van der Waals surface area contributed by atoms with Crippen molar-refractivity contribution >= 4 is 0 Å². The molecule has 2 rings (SSSR count). The molecule has 1 aliphatic heterocycles. The Labute approximate surface area is 98.6 Å². The fraction of sp³-hybridized carbons (Fsp3) is 1.00. The molecule has 2 aliphatic rings. The lowest BCUT2D eigenvalue weighted by atomic mass is 9.86. The molecule has 1 saturated carbocycles. The van der Waals surface area contributed by atoms with Crippen LogP contribution in [-0.2, 0) is 4.74 Å². The summed E-state index contributed by atoms with van der Waals surface area (Å²) in [7, 11) is 0. The number of rotatable bonds is 5. The molecule has 0 bridgehead atoms. The maximum Gasteiger partial charge on any atom is 0.0588 e. The highest BCUT2D eigenvalue weighted by Crippen LogP contribution is 2.23. The van der Waals surface area contributed by atoms with Crippen molar-refractivity contribution in [2.45, 2.75) is 57.2 Å². The van der Waals surface area contributed by atoms with Gasteiger partial charge in [-0.05, 0) is 44.6 Å². The highest BCUT2D eigenvalue weighted by Gasteiger charge is 2.22. The van der Waals surface area contributed by atoms with E-state index in [1.807, 2.05) is 0 Å². The summed E-state index contributed by atoms with van der Waals surface area (Å²) in [4.78, 5) is 0. The lowest BCUT2D eigenvalue weighted by Crippen LogP contribution is -2.34. The Morgan fingerprint density at radius 3 is 2.75 bits per heavy atom. The maximum absolute atomic E-state index is 9.82. The molecular formula is C13H25NO2. The van der Waals surface area contributed by atoms with Gasteiger partial charge in [0.15, 0.2) is 0 Å². The minimum Gasteiger partial charge on any atom is -0.393 e. The second-order valence-electron chi connectivity index (χ2n) is 5.24. The van der Waals surface area contributed by atoms with Crippen LogP contribution in [-0.4, -0.2) is 37.0 Å². The van der Waals surface area contributed by atoms with Crippen LogP contribution in [0, 0.1) is 5.92 Å². The van der Waals surface area contributed by atoms with E-state index in [2.05, 4.69) is 5.32 Å². The van der Waals surface area contributed by atoms with Crippen molar-refractivity contribution in [1.82, 2.24) is 5.32 Å². The lowest BCUT2D eigenvalue weighted by molar-refractivity contribution is 0.0679. The maximum atomic E-state index is 9.82. The van der Waals surface area contributed by atoms with E-state index >= 15 is 0 Å². The van der Waals surface area contributed by atoms with E-state index in [1.165, 1.54) is 32.1 Å².